The summed E-state index contributed by atoms with van der Waals surface area (Å²) in [5, 5.41) is 1.10. The number of para-hydroxylation sites is 1. The average Bonchev–Trinajstić information content (AvgIpc) is 3.07. The van der Waals surface area contributed by atoms with Gasteiger partial charge in [-0.1, -0.05) is 18.2 Å². The van der Waals surface area contributed by atoms with E-state index in [-0.39, 0.29) is 5.91 Å². The Bertz CT molecular complexity index is 968. The molecule has 0 saturated carbocycles. The number of rotatable bonds is 3. The van der Waals surface area contributed by atoms with E-state index in [1.54, 1.807) is 37.3 Å². The summed E-state index contributed by atoms with van der Waals surface area (Å²) < 4.78 is 10.5. The molecule has 5 nitrogen and oxygen atoms in total. The van der Waals surface area contributed by atoms with Crippen LogP contribution in [0, 0.1) is 0 Å². The lowest BCUT2D eigenvalue weighted by Crippen LogP contribution is -2.29. The van der Waals surface area contributed by atoms with Gasteiger partial charge in [-0.05, 0) is 42.3 Å². The zero-order valence-electron chi connectivity index (χ0n) is 14.2. The predicted molar refractivity (Wildman–Crippen MR) is 96.7 cm³/mol. The van der Waals surface area contributed by atoms with Crippen molar-refractivity contribution in [3.05, 3.63) is 59.7 Å². The molecule has 5 heteroatoms. The smallest absolute Gasteiger partial charge is 0.259 e. The van der Waals surface area contributed by atoms with Crippen LogP contribution in [0.1, 0.15) is 15.9 Å². The van der Waals surface area contributed by atoms with E-state index in [4.69, 9.17) is 14.5 Å². The van der Waals surface area contributed by atoms with Crippen LogP contribution in [0.3, 0.4) is 0 Å². The van der Waals surface area contributed by atoms with Crippen LogP contribution in [0.15, 0.2) is 48.5 Å². The van der Waals surface area contributed by atoms with E-state index >= 15 is 0 Å². The Morgan fingerprint density at radius 1 is 1.04 bits per heavy atom. The molecule has 126 valence electrons. The number of amides is 1. The van der Waals surface area contributed by atoms with E-state index in [0.717, 1.165) is 28.7 Å². The van der Waals surface area contributed by atoms with Crippen molar-refractivity contribution in [3.8, 4) is 11.5 Å². The number of carbonyl (C=O) groups excluding carboxylic acids is 1. The van der Waals surface area contributed by atoms with Crippen LogP contribution in [0.5, 0.6) is 11.5 Å². The van der Waals surface area contributed by atoms with Crippen LogP contribution in [0.4, 0.5) is 5.82 Å². The average molecular weight is 334 g/mol. The minimum atomic E-state index is -0.0810. The fourth-order valence-corrected chi connectivity index (χ4v) is 3.23. The lowest BCUT2D eigenvalue weighted by molar-refractivity contribution is 0.0988. The summed E-state index contributed by atoms with van der Waals surface area (Å²) in [6.45, 7) is 0.631. The van der Waals surface area contributed by atoms with Crippen LogP contribution < -0.4 is 14.4 Å². The van der Waals surface area contributed by atoms with Gasteiger partial charge in [0.15, 0.2) is 11.5 Å². The molecule has 2 aromatic carbocycles. The van der Waals surface area contributed by atoms with Gasteiger partial charge >= 0.3 is 0 Å². The zero-order valence-corrected chi connectivity index (χ0v) is 14.2. The highest BCUT2D eigenvalue weighted by Crippen LogP contribution is 2.32. The summed E-state index contributed by atoms with van der Waals surface area (Å²) in [6.07, 6.45) is 0.812. The molecule has 0 unspecified atom stereocenters. The molecule has 1 aliphatic heterocycles. The Hall–Kier alpha value is -3.08. The molecule has 0 radical (unpaired) electrons. The van der Waals surface area contributed by atoms with Crippen molar-refractivity contribution in [2.75, 3.05) is 25.7 Å². The van der Waals surface area contributed by atoms with Crippen molar-refractivity contribution in [2.24, 2.45) is 0 Å². The lowest BCUT2D eigenvalue weighted by Gasteiger charge is -2.17. The molecule has 0 spiro atoms. The summed E-state index contributed by atoms with van der Waals surface area (Å²) in [5.74, 6) is 1.81. The lowest BCUT2D eigenvalue weighted by atomic mass is 10.1. The van der Waals surface area contributed by atoms with Crippen LogP contribution in [-0.4, -0.2) is 31.7 Å². The molecule has 3 aromatic rings. The molecule has 0 atom stereocenters. The van der Waals surface area contributed by atoms with Crippen molar-refractivity contribution >= 4 is 22.6 Å². The first-order chi connectivity index (χ1) is 12.2. The second-order valence-corrected chi connectivity index (χ2v) is 5.94. The highest BCUT2D eigenvalue weighted by molar-refractivity contribution is 6.07. The summed E-state index contributed by atoms with van der Waals surface area (Å²) in [7, 11) is 3.13. The Labute approximate surface area is 145 Å². The van der Waals surface area contributed by atoms with Crippen molar-refractivity contribution in [1.82, 2.24) is 4.98 Å². The largest absolute Gasteiger partial charge is 0.493 e. The second-order valence-electron chi connectivity index (χ2n) is 5.94. The second kappa shape index (κ2) is 6.09. The molecule has 0 bridgehead atoms. The van der Waals surface area contributed by atoms with Gasteiger partial charge in [0, 0.05) is 17.5 Å². The number of aromatic nitrogens is 1. The van der Waals surface area contributed by atoms with E-state index in [9.17, 15) is 4.79 Å². The van der Waals surface area contributed by atoms with Crippen LogP contribution in [0.25, 0.3) is 10.9 Å². The van der Waals surface area contributed by atoms with Crippen molar-refractivity contribution in [1.29, 1.82) is 0 Å². The third-order valence-electron chi connectivity index (χ3n) is 4.52. The third-order valence-corrected chi connectivity index (χ3v) is 4.52. The van der Waals surface area contributed by atoms with Gasteiger partial charge in [-0.3, -0.25) is 9.69 Å². The van der Waals surface area contributed by atoms with Crippen LogP contribution >= 0.6 is 0 Å². The van der Waals surface area contributed by atoms with Crippen molar-refractivity contribution in [2.45, 2.75) is 6.42 Å². The van der Waals surface area contributed by atoms with Gasteiger partial charge in [-0.25, -0.2) is 4.98 Å². The van der Waals surface area contributed by atoms with Crippen LogP contribution in [-0.2, 0) is 6.42 Å². The van der Waals surface area contributed by atoms with Crippen LogP contribution in [0.2, 0.25) is 0 Å². The molecule has 0 saturated heterocycles. The summed E-state index contributed by atoms with van der Waals surface area (Å²) in [5.41, 5.74) is 2.56. The van der Waals surface area contributed by atoms with Crippen molar-refractivity contribution in [3.63, 3.8) is 0 Å². The standard InChI is InChI=1S/C20H18N2O3/c1-24-17-8-7-15(12-18(17)25-2)20(23)22-10-9-14-11-13-5-3-4-6-16(13)21-19(14)22/h3-8,11-12H,9-10H2,1-2H3. The number of carbonyl (C=O) groups is 1. The van der Waals surface area contributed by atoms with Gasteiger partial charge in [0.2, 0.25) is 0 Å². The number of benzene rings is 2. The summed E-state index contributed by atoms with van der Waals surface area (Å²) >= 11 is 0. The number of anilines is 1. The van der Waals surface area contributed by atoms with Gasteiger partial charge in [0.05, 0.1) is 19.7 Å². The highest BCUT2D eigenvalue weighted by Gasteiger charge is 2.28. The number of methoxy groups -OCH3 is 2. The molecule has 2 heterocycles. The van der Waals surface area contributed by atoms with Gasteiger partial charge < -0.3 is 9.47 Å². The molecule has 4 rings (SSSR count). The minimum absolute atomic E-state index is 0.0810. The van der Waals surface area contributed by atoms with Gasteiger partial charge in [0.25, 0.3) is 5.91 Å². The van der Waals surface area contributed by atoms with Gasteiger partial charge in [-0.2, -0.15) is 0 Å². The first kappa shape index (κ1) is 15.4. The molecular weight excluding hydrogens is 316 g/mol. The van der Waals surface area contributed by atoms with E-state index in [0.29, 0.717) is 23.6 Å². The third kappa shape index (κ3) is 2.58. The number of pyridine rings is 1. The van der Waals surface area contributed by atoms with E-state index in [1.165, 1.54) is 0 Å². The van der Waals surface area contributed by atoms with Crippen molar-refractivity contribution < 1.29 is 14.3 Å². The number of ether oxygens (including phenoxy) is 2. The first-order valence-corrected chi connectivity index (χ1v) is 8.14. The number of hydrogen-bond acceptors (Lipinski definition) is 4. The Kier molecular flexibility index (Phi) is 3.76. The van der Waals surface area contributed by atoms with Gasteiger partial charge in [0.1, 0.15) is 5.82 Å². The fraction of sp³-hybridized carbons (Fsp3) is 0.200. The molecule has 0 fully saturated rings. The predicted octanol–water partition coefficient (Wildman–Crippen LogP) is 3.45. The number of hydrogen-bond donors (Lipinski definition) is 0. The quantitative estimate of drug-likeness (QED) is 0.736. The Morgan fingerprint density at radius 2 is 1.84 bits per heavy atom. The molecule has 1 aliphatic rings. The Balaban J connectivity index is 1.72. The monoisotopic (exact) mass is 334 g/mol. The first-order valence-electron chi connectivity index (χ1n) is 8.14. The summed E-state index contributed by atoms with van der Waals surface area (Å²) in [6, 6.07) is 15.3. The number of fused-ring (bicyclic) bond motifs is 2. The fourth-order valence-electron chi connectivity index (χ4n) is 3.23. The van der Waals surface area contributed by atoms with E-state index in [2.05, 4.69) is 6.07 Å². The van der Waals surface area contributed by atoms with E-state index < -0.39 is 0 Å². The van der Waals surface area contributed by atoms with E-state index in [1.807, 2.05) is 24.3 Å². The molecule has 0 N–H and O–H groups in total. The Morgan fingerprint density at radius 3 is 2.64 bits per heavy atom. The molecule has 25 heavy (non-hydrogen) atoms. The molecule has 1 aromatic heterocycles. The van der Waals surface area contributed by atoms with Gasteiger partial charge in [-0.15, -0.1) is 0 Å². The minimum Gasteiger partial charge on any atom is -0.493 e. The normalized spacial score (nSPS) is 13.0. The molecule has 0 aliphatic carbocycles. The zero-order chi connectivity index (χ0) is 17.4. The summed E-state index contributed by atoms with van der Waals surface area (Å²) in [4.78, 5) is 19.5. The molecule has 1 amide bonds. The number of nitrogens with zero attached hydrogens (tertiary/aromatic N) is 2. The maximum Gasteiger partial charge on any atom is 0.259 e. The highest BCUT2D eigenvalue weighted by atomic mass is 16.5. The SMILES string of the molecule is COc1ccc(C(=O)N2CCc3cc4ccccc4nc32)cc1OC. The maximum absolute atomic E-state index is 13.0. The maximum atomic E-state index is 13.0. The molecular formula is C20H18N2O3. The topological polar surface area (TPSA) is 51.7 Å².